The van der Waals surface area contributed by atoms with Crippen LogP contribution in [0.25, 0.3) is 21.8 Å². The van der Waals surface area contributed by atoms with E-state index in [9.17, 15) is 9.59 Å². The van der Waals surface area contributed by atoms with Crippen molar-refractivity contribution in [3.05, 3.63) is 36.0 Å². The molecule has 0 atom stereocenters. The van der Waals surface area contributed by atoms with Crippen LogP contribution in [0.15, 0.2) is 30.5 Å². The second-order valence-electron chi connectivity index (χ2n) is 8.18. The highest BCUT2D eigenvalue weighted by Gasteiger charge is 2.47. The molecule has 144 valence electrons. The second kappa shape index (κ2) is 5.95. The molecule has 0 unspecified atom stereocenters. The molecule has 7 heteroatoms. The third-order valence-electron chi connectivity index (χ3n) is 6.24. The molecule has 0 bridgehead atoms. The largest absolute Gasteiger partial charge is 0.365 e. The van der Waals surface area contributed by atoms with E-state index < -0.39 is 5.91 Å². The summed E-state index contributed by atoms with van der Waals surface area (Å²) in [6.45, 7) is 5.05. The monoisotopic (exact) mass is 377 g/mol. The Kier molecular flexibility index (Phi) is 3.62. The van der Waals surface area contributed by atoms with Crippen molar-refractivity contribution in [3.63, 3.8) is 0 Å². The van der Waals surface area contributed by atoms with Gasteiger partial charge in [-0.05, 0) is 18.9 Å². The minimum atomic E-state index is -0.484. The minimum absolute atomic E-state index is 0.144. The zero-order valence-electron chi connectivity index (χ0n) is 15.9. The van der Waals surface area contributed by atoms with Crippen LogP contribution in [0.4, 0.5) is 5.82 Å². The summed E-state index contributed by atoms with van der Waals surface area (Å²) >= 11 is 0. The van der Waals surface area contributed by atoms with Gasteiger partial charge in [-0.2, -0.15) is 0 Å². The van der Waals surface area contributed by atoms with E-state index >= 15 is 0 Å². The van der Waals surface area contributed by atoms with Crippen molar-refractivity contribution in [3.8, 4) is 0 Å². The number of likely N-dealkylation sites (tertiary alicyclic amines) is 1. The number of anilines is 1. The number of amides is 2. The predicted octanol–water partition coefficient (Wildman–Crippen LogP) is 2.26. The van der Waals surface area contributed by atoms with E-state index in [-0.39, 0.29) is 11.3 Å². The van der Waals surface area contributed by atoms with Gasteiger partial charge in [-0.1, -0.05) is 18.2 Å². The fourth-order valence-corrected chi connectivity index (χ4v) is 4.89. The lowest BCUT2D eigenvalue weighted by Gasteiger charge is -2.54. The summed E-state index contributed by atoms with van der Waals surface area (Å²) in [6, 6.07) is 8.00. The van der Waals surface area contributed by atoms with Gasteiger partial charge in [0.25, 0.3) is 5.91 Å². The Labute approximate surface area is 162 Å². The first kappa shape index (κ1) is 17.0. The number of pyridine rings is 1. The van der Waals surface area contributed by atoms with Crippen LogP contribution in [-0.2, 0) is 4.79 Å². The van der Waals surface area contributed by atoms with Gasteiger partial charge in [-0.3, -0.25) is 9.59 Å². The Balaban J connectivity index is 1.60. The van der Waals surface area contributed by atoms with Crippen LogP contribution < -0.4 is 10.6 Å². The topological polar surface area (TPSA) is 95.3 Å². The van der Waals surface area contributed by atoms with Crippen LogP contribution in [0.2, 0.25) is 0 Å². The average Bonchev–Trinajstić information content (AvgIpc) is 3.04. The lowest BCUT2D eigenvalue weighted by atomic mass is 9.73. The molecule has 1 aromatic carbocycles. The lowest BCUT2D eigenvalue weighted by Crippen LogP contribution is -2.64. The molecule has 2 fully saturated rings. The van der Waals surface area contributed by atoms with Crippen molar-refractivity contribution in [1.29, 1.82) is 0 Å². The summed E-state index contributed by atoms with van der Waals surface area (Å²) in [7, 11) is 0. The third-order valence-corrected chi connectivity index (χ3v) is 6.24. The number of hydrogen-bond donors (Lipinski definition) is 2. The van der Waals surface area contributed by atoms with Crippen molar-refractivity contribution in [2.45, 2.75) is 19.8 Å². The van der Waals surface area contributed by atoms with E-state index in [2.05, 4.69) is 14.9 Å². The quantitative estimate of drug-likeness (QED) is 0.716. The Morgan fingerprint density at radius 3 is 2.75 bits per heavy atom. The number of fused-ring (bicyclic) bond motifs is 3. The van der Waals surface area contributed by atoms with E-state index in [4.69, 9.17) is 5.73 Å². The second-order valence-corrected chi connectivity index (χ2v) is 8.18. The molecular formula is C21H23N5O2. The number of piperidine rings is 1. The van der Waals surface area contributed by atoms with Crippen molar-refractivity contribution in [2.24, 2.45) is 11.1 Å². The van der Waals surface area contributed by atoms with Crippen LogP contribution in [-0.4, -0.2) is 52.9 Å². The summed E-state index contributed by atoms with van der Waals surface area (Å²) in [5.41, 5.74) is 7.87. The molecule has 0 saturated carbocycles. The Bertz CT molecular complexity index is 1110. The van der Waals surface area contributed by atoms with Crippen LogP contribution in [0.1, 0.15) is 30.1 Å². The zero-order valence-corrected chi connectivity index (χ0v) is 15.9. The first-order valence-corrected chi connectivity index (χ1v) is 9.67. The molecule has 1 spiro atoms. The summed E-state index contributed by atoms with van der Waals surface area (Å²) in [5, 5.41) is 1.99. The number of hydrogen-bond acceptors (Lipinski definition) is 4. The molecule has 2 aromatic heterocycles. The fraction of sp³-hybridized carbons (Fsp3) is 0.381. The number of nitrogens with zero attached hydrogens (tertiary/aromatic N) is 3. The highest BCUT2D eigenvalue weighted by Crippen LogP contribution is 2.42. The maximum atomic E-state index is 11.9. The van der Waals surface area contributed by atoms with E-state index in [0.29, 0.717) is 5.56 Å². The number of benzene rings is 1. The number of para-hydroxylation sites is 1. The zero-order chi connectivity index (χ0) is 19.5. The SMILES string of the molecule is CC(=O)N1CC2(CCCN(c3ncc(C(N)=O)c4[nH]c5ccccc5c34)C2)C1. The summed E-state index contributed by atoms with van der Waals surface area (Å²) in [5.74, 6) is 0.547. The van der Waals surface area contributed by atoms with Gasteiger partial charge in [-0.15, -0.1) is 0 Å². The molecule has 2 saturated heterocycles. The molecule has 28 heavy (non-hydrogen) atoms. The van der Waals surface area contributed by atoms with Gasteiger partial charge in [0.2, 0.25) is 5.91 Å². The third kappa shape index (κ3) is 2.46. The van der Waals surface area contributed by atoms with E-state index in [1.54, 1.807) is 13.1 Å². The Morgan fingerprint density at radius 2 is 2.00 bits per heavy atom. The van der Waals surface area contributed by atoms with Crippen molar-refractivity contribution >= 4 is 39.4 Å². The summed E-state index contributed by atoms with van der Waals surface area (Å²) in [4.78, 5) is 35.9. The van der Waals surface area contributed by atoms with E-state index in [1.807, 2.05) is 29.2 Å². The predicted molar refractivity (Wildman–Crippen MR) is 108 cm³/mol. The van der Waals surface area contributed by atoms with Gasteiger partial charge in [0, 0.05) is 55.6 Å². The fourth-order valence-electron chi connectivity index (χ4n) is 4.89. The van der Waals surface area contributed by atoms with Crippen LogP contribution in [0.3, 0.4) is 0 Å². The van der Waals surface area contributed by atoms with E-state index in [1.165, 1.54) is 0 Å². The van der Waals surface area contributed by atoms with Gasteiger partial charge < -0.3 is 20.5 Å². The number of H-pyrrole nitrogens is 1. The first-order chi connectivity index (χ1) is 13.5. The normalized spacial score (nSPS) is 18.6. The number of primary amides is 1. The number of aromatic nitrogens is 2. The van der Waals surface area contributed by atoms with Crippen LogP contribution >= 0.6 is 0 Å². The molecule has 0 aliphatic carbocycles. The number of nitrogens with one attached hydrogen (secondary N) is 1. The standard InChI is InChI=1S/C21H23N5O2/c1-13(27)26-11-21(12-26)7-4-8-25(10-21)20-17-14-5-2-3-6-16(14)24-18(17)15(9-23-20)19(22)28/h2-3,5-6,9,24H,4,7-8,10-12H2,1H3,(H2,22,28). The number of carbonyl (C=O) groups excluding carboxylic acids is 2. The molecular weight excluding hydrogens is 354 g/mol. The maximum absolute atomic E-state index is 11.9. The summed E-state index contributed by atoms with van der Waals surface area (Å²) in [6.07, 6.45) is 3.78. The van der Waals surface area contributed by atoms with Gasteiger partial charge in [-0.25, -0.2) is 4.98 Å². The van der Waals surface area contributed by atoms with Gasteiger partial charge in [0.15, 0.2) is 0 Å². The molecule has 0 radical (unpaired) electrons. The molecule has 7 nitrogen and oxygen atoms in total. The Morgan fingerprint density at radius 1 is 1.21 bits per heavy atom. The van der Waals surface area contributed by atoms with Crippen molar-refractivity contribution < 1.29 is 9.59 Å². The molecule has 3 aromatic rings. The maximum Gasteiger partial charge on any atom is 0.252 e. The summed E-state index contributed by atoms with van der Waals surface area (Å²) < 4.78 is 0. The van der Waals surface area contributed by atoms with Crippen molar-refractivity contribution in [1.82, 2.24) is 14.9 Å². The van der Waals surface area contributed by atoms with Gasteiger partial charge in [0.05, 0.1) is 16.5 Å². The van der Waals surface area contributed by atoms with Crippen molar-refractivity contribution in [2.75, 3.05) is 31.1 Å². The number of nitrogens with two attached hydrogens (primary N) is 1. The highest BCUT2D eigenvalue weighted by molar-refractivity contribution is 6.18. The smallest absolute Gasteiger partial charge is 0.252 e. The molecule has 4 heterocycles. The van der Waals surface area contributed by atoms with Gasteiger partial charge in [0.1, 0.15) is 5.82 Å². The molecule has 3 N–H and O–H groups in total. The van der Waals surface area contributed by atoms with Crippen LogP contribution in [0, 0.1) is 5.41 Å². The molecule has 5 rings (SSSR count). The molecule has 2 aliphatic rings. The molecule has 2 aliphatic heterocycles. The Hall–Kier alpha value is -3.09. The lowest BCUT2D eigenvalue weighted by molar-refractivity contribution is -0.141. The van der Waals surface area contributed by atoms with Crippen LogP contribution in [0.5, 0.6) is 0 Å². The van der Waals surface area contributed by atoms with E-state index in [0.717, 1.165) is 66.6 Å². The number of rotatable bonds is 2. The van der Waals surface area contributed by atoms with Gasteiger partial charge >= 0.3 is 0 Å². The molecule has 2 amide bonds. The highest BCUT2D eigenvalue weighted by atomic mass is 16.2. The minimum Gasteiger partial charge on any atom is -0.365 e. The average molecular weight is 377 g/mol. The first-order valence-electron chi connectivity index (χ1n) is 9.67. The number of aromatic amines is 1. The number of carbonyl (C=O) groups is 2.